The molecule has 3 amide bonds. The number of anilines is 1. The summed E-state index contributed by atoms with van der Waals surface area (Å²) in [6, 6.07) is 16.8. The fourth-order valence-corrected chi connectivity index (χ4v) is 5.98. The Morgan fingerprint density at radius 2 is 1.82 bits per heavy atom. The predicted molar refractivity (Wildman–Crippen MR) is 163 cm³/mol. The Morgan fingerprint density at radius 3 is 2.50 bits per heavy atom. The summed E-state index contributed by atoms with van der Waals surface area (Å²) in [6.07, 6.45) is 1.59. The molecule has 0 unspecified atom stereocenters. The molecule has 0 radical (unpaired) electrons. The number of amides is 3. The van der Waals surface area contributed by atoms with Gasteiger partial charge in [-0.3, -0.25) is 19.3 Å². The van der Waals surface area contributed by atoms with Gasteiger partial charge in [0.25, 0.3) is 11.1 Å². The van der Waals surface area contributed by atoms with Gasteiger partial charge in [0.15, 0.2) is 11.5 Å². The summed E-state index contributed by atoms with van der Waals surface area (Å²) < 4.78 is 12.3. The highest BCUT2D eigenvalue weighted by Crippen LogP contribution is 2.38. The van der Waals surface area contributed by atoms with Gasteiger partial charge < -0.3 is 14.8 Å². The van der Waals surface area contributed by atoms with E-state index in [9.17, 15) is 19.6 Å². The molecule has 40 heavy (non-hydrogen) atoms. The summed E-state index contributed by atoms with van der Waals surface area (Å²) in [4.78, 5) is 39.6. The molecule has 4 rings (SSSR count). The van der Waals surface area contributed by atoms with Crippen LogP contribution >= 0.6 is 34.4 Å². The van der Waals surface area contributed by atoms with Gasteiger partial charge in [-0.15, -0.1) is 0 Å². The molecule has 0 atom stereocenters. The Hall–Kier alpha value is -3.82. The van der Waals surface area contributed by atoms with E-state index in [4.69, 9.17) is 9.47 Å². The standard InChI is InChI=1S/C30H26IN3O5S/c1-17-9-18(2)27(19(3)10-17)33-26(35)15-34-29(36)25(40-30(34)37)13-20-11-23(31)28(24(12-20)38-4)39-16-22-8-6-5-7-21(22)14-32/h5-13H,15-16H2,1-4H3,(H,33,35)/b25-13+. The van der Waals surface area contributed by atoms with Crippen molar-refractivity contribution in [3.05, 3.63) is 90.4 Å². The number of nitrogens with one attached hydrogen (secondary N) is 1. The zero-order valence-corrected chi connectivity index (χ0v) is 25.3. The molecule has 3 aromatic rings. The van der Waals surface area contributed by atoms with Gasteiger partial charge in [-0.2, -0.15) is 5.26 Å². The fourth-order valence-electron chi connectivity index (χ4n) is 4.36. The van der Waals surface area contributed by atoms with Crippen molar-refractivity contribution in [2.24, 2.45) is 0 Å². The lowest BCUT2D eigenvalue weighted by Gasteiger charge is -2.16. The normalized spacial score (nSPS) is 13.9. The van der Waals surface area contributed by atoms with E-state index in [0.29, 0.717) is 28.3 Å². The third-order valence-electron chi connectivity index (χ3n) is 6.18. The number of aryl methyl sites for hydroxylation is 3. The Balaban J connectivity index is 1.49. The number of methoxy groups -OCH3 is 1. The minimum atomic E-state index is -0.537. The van der Waals surface area contributed by atoms with Crippen molar-refractivity contribution in [1.82, 2.24) is 4.90 Å². The van der Waals surface area contributed by atoms with Crippen LogP contribution in [0.15, 0.2) is 53.4 Å². The molecule has 1 saturated heterocycles. The van der Waals surface area contributed by atoms with Crippen molar-refractivity contribution in [2.45, 2.75) is 27.4 Å². The maximum Gasteiger partial charge on any atom is 0.294 e. The zero-order valence-electron chi connectivity index (χ0n) is 22.3. The molecular formula is C30H26IN3O5S. The Morgan fingerprint density at radius 1 is 1.12 bits per heavy atom. The molecule has 1 N–H and O–H groups in total. The Bertz CT molecular complexity index is 1570. The molecule has 0 aliphatic carbocycles. The smallest absolute Gasteiger partial charge is 0.294 e. The van der Waals surface area contributed by atoms with Crippen molar-refractivity contribution >= 4 is 63.2 Å². The second-order valence-electron chi connectivity index (χ2n) is 9.18. The predicted octanol–water partition coefficient (Wildman–Crippen LogP) is 6.35. The number of hydrogen-bond acceptors (Lipinski definition) is 7. The average molecular weight is 668 g/mol. The number of nitriles is 1. The van der Waals surface area contributed by atoms with Gasteiger partial charge in [0, 0.05) is 11.3 Å². The molecule has 10 heteroatoms. The lowest BCUT2D eigenvalue weighted by atomic mass is 10.1. The highest BCUT2D eigenvalue weighted by Gasteiger charge is 2.36. The maximum atomic E-state index is 13.1. The van der Waals surface area contributed by atoms with E-state index in [0.717, 1.165) is 42.5 Å². The van der Waals surface area contributed by atoms with Crippen LogP contribution in [0.5, 0.6) is 11.5 Å². The summed E-state index contributed by atoms with van der Waals surface area (Å²) in [5.74, 6) is -0.0475. The molecule has 204 valence electrons. The van der Waals surface area contributed by atoms with Crippen LogP contribution in [0.3, 0.4) is 0 Å². The van der Waals surface area contributed by atoms with E-state index in [1.54, 1.807) is 30.3 Å². The number of imide groups is 1. The van der Waals surface area contributed by atoms with Crippen LogP contribution in [0.4, 0.5) is 10.5 Å². The largest absolute Gasteiger partial charge is 0.493 e. The summed E-state index contributed by atoms with van der Waals surface area (Å²) in [6.45, 7) is 5.57. The van der Waals surface area contributed by atoms with E-state index in [2.05, 4.69) is 34.0 Å². The number of carbonyl (C=O) groups is 3. The molecule has 0 bridgehead atoms. The zero-order chi connectivity index (χ0) is 29.0. The molecule has 1 aliphatic rings. The molecule has 8 nitrogen and oxygen atoms in total. The first-order chi connectivity index (χ1) is 19.1. The van der Waals surface area contributed by atoms with Crippen molar-refractivity contribution in [2.75, 3.05) is 19.0 Å². The van der Waals surface area contributed by atoms with Crippen LogP contribution in [0.2, 0.25) is 0 Å². The fraction of sp³-hybridized carbons (Fsp3) is 0.200. The van der Waals surface area contributed by atoms with Gasteiger partial charge in [-0.1, -0.05) is 35.9 Å². The average Bonchev–Trinajstić information content (AvgIpc) is 3.17. The molecule has 1 aliphatic heterocycles. The van der Waals surface area contributed by atoms with Crippen LogP contribution in [0.1, 0.15) is 33.4 Å². The summed E-state index contributed by atoms with van der Waals surface area (Å²) in [7, 11) is 1.51. The lowest BCUT2D eigenvalue weighted by Crippen LogP contribution is -2.36. The number of nitrogens with zero attached hydrogens (tertiary/aromatic N) is 2. The van der Waals surface area contributed by atoms with E-state index in [1.807, 2.05) is 45.0 Å². The SMILES string of the molecule is COc1cc(/C=C2/SC(=O)N(CC(=O)Nc3c(C)cc(C)cc3C)C2=O)cc(I)c1OCc1ccccc1C#N. The van der Waals surface area contributed by atoms with Gasteiger partial charge in [-0.05, 0) is 96.1 Å². The topological polar surface area (TPSA) is 109 Å². The van der Waals surface area contributed by atoms with Crippen LogP contribution in [-0.2, 0) is 16.2 Å². The first-order valence-electron chi connectivity index (χ1n) is 12.2. The molecule has 0 aromatic heterocycles. The maximum absolute atomic E-state index is 13.1. The van der Waals surface area contributed by atoms with Crippen LogP contribution < -0.4 is 14.8 Å². The number of carbonyl (C=O) groups excluding carboxylic acids is 3. The van der Waals surface area contributed by atoms with Gasteiger partial charge in [-0.25, -0.2) is 0 Å². The van der Waals surface area contributed by atoms with Crippen LogP contribution in [0.25, 0.3) is 6.08 Å². The second-order valence-corrected chi connectivity index (χ2v) is 11.3. The van der Waals surface area contributed by atoms with Gasteiger partial charge >= 0.3 is 0 Å². The Labute approximate surface area is 250 Å². The summed E-state index contributed by atoms with van der Waals surface area (Å²) in [5, 5.41) is 11.7. The van der Waals surface area contributed by atoms with E-state index < -0.39 is 17.1 Å². The minimum absolute atomic E-state index is 0.179. The quantitative estimate of drug-likeness (QED) is 0.220. The highest BCUT2D eigenvalue weighted by molar-refractivity contribution is 14.1. The first kappa shape index (κ1) is 29.2. The summed E-state index contributed by atoms with van der Waals surface area (Å²) >= 11 is 2.89. The first-order valence-corrected chi connectivity index (χ1v) is 14.1. The molecule has 0 spiro atoms. The van der Waals surface area contributed by atoms with E-state index in [-0.39, 0.29) is 18.1 Å². The molecule has 0 saturated carbocycles. The monoisotopic (exact) mass is 667 g/mol. The van der Waals surface area contributed by atoms with Crippen molar-refractivity contribution in [3.8, 4) is 17.6 Å². The van der Waals surface area contributed by atoms with E-state index in [1.165, 1.54) is 7.11 Å². The number of benzene rings is 3. The number of ether oxygens (including phenoxy) is 2. The number of halogens is 1. The summed E-state index contributed by atoms with van der Waals surface area (Å²) in [5.41, 5.74) is 5.48. The van der Waals surface area contributed by atoms with E-state index >= 15 is 0 Å². The van der Waals surface area contributed by atoms with Gasteiger partial charge in [0.2, 0.25) is 5.91 Å². The van der Waals surface area contributed by atoms with Crippen LogP contribution in [0, 0.1) is 35.7 Å². The Kier molecular flexibility index (Phi) is 9.17. The minimum Gasteiger partial charge on any atom is -0.493 e. The van der Waals surface area contributed by atoms with Crippen molar-refractivity contribution in [3.63, 3.8) is 0 Å². The number of thioether (sulfide) groups is 1. The second kappa shape index (κ2) is 12.6. The molecule has 3 aromatic carbocycles. The third-order valence-corrected chi connectivity index (χ3v) is 7.88. The van der Waals surface area contributed by atoms with Crippen molar-refractivity contribution < 1.29 is 23.9 Å². The number of rotatable bonds is 8. The molecular weight excluding hydrogens is 641 g/mol. The highest BCUT2D eigenvalue weighted by atomic mass is 127. The van der Waals surface area contributed by atoms with Crippen LogP contribution in [-0.4, -0.2) is 35.6 Å². The van der Waals surface area contributed by atoms with Gasteiger partial charge in [0.05, 0.1) is 27.2 Å². The molecule has 1 fully saturated rings. The van der Waals surface area contributed by atoms with Gasteiger partial charge in [0.1, 0.15) is 13.2 Å². The lowest BCUT2D eigenvalue weighted by molar-refractivity contribution is -0.127. The number of hydrogen-bond donors (Lipinski definition) is 1. The third kappa shape index (κ3) is 6.48. The molecule has 1 heterocycles. The van der Waals surface area contributed by atoms with Crippen molar-refractivity contribution in [1.29, 1.82) is 5.26 Å².